The SMILES string of the molecule is COc1ccc(C)cc1NC(=O)C(OC(=O)c1c(C)nn(C)c1Cl)c1ccccc1. The largest absolute Gasteiger partial charge is 0.495 e. The summed E-state index contributed by atoms with van der Waals surface area (Å²) in [6.07, 6.45) is -1.19. The van der Waals surface area contributed by atoms with Crippen LogP contribution in [-0.4, -0.2) is 28.8 Å². The molecule has 1 aromatic heterocycles. The van der Waals surface area contributed by atoms with Gasteiger partial charge in [-0.3, -0.25) is 9.48 Å². The summed E-state index contributed by atoms with van der Waals surface area (Å²) in [6, 6.07) is 14.2. The number of carbonyl (C=O) groups is 2. The molecule has 3 aromatic rings. The van der Waals surface area contributed by atoms with Gasteiger partial charge >= 0.3 is 5.97 Å². The molecule has 2 aromatic carbocycles. The first-order chi connectivity index (χ1) is 14.3. The molecule has 0 saturated carbocycles. The third kappa shape index (κ3) is 4.46. The number of anilines is 1. The van der Waals surface area contributed by atoms with Crippen molar-refractivity contribution in [1.82, 2.24) is 9.78 Å². The van der Waals surface area contributed by atoms with Crippen LogP contribution in [-0.2, 0) is 16.6 Å². The molecule has 0 spiro atoms. The molecule has 156 valence electrons. The highest BCUT2D eigenvalue weighted by Gasteiger charge is 2.29. The van der Waals surface area contributed by atoms with E-state index in [2.05, 4.69) is 10.4 Å². The van der Waals surface area contributed by atoms with Crippen LogP contribution in [0.5, 0.6) is 5.75 Å². The predicted octanol–water partition coefficient (Wildman–Crippen LogP) is 4.24. The Morgan fingerprint density at radius 3 is 2.43 bits per heavy atom. The van der Waals surface area contributed by atoms with Crippen molar-refractivity contribution in [3.63, 3.8) is 0 Å². The first-order valence-corrected chi connectivity index (χ1v) is 9.60. The minimum atomic E-state index is -1.19. The predicted molar refractivity (Wildman–Crippen MR) is 114 cm³/mol. The molecule has 0 bridgehead atoms. The molecule has 1 heterocycles. The second-order valence-corrected chi connectivity index (χ2v) is 7.12. The van der Waals surface area contributed by atoms with Gasteiger partial charge in [0.1, 0.15) is 16.5 Å². The summed E-state index contributed by atoms with van der Waals surface area (Å²) in [6.45, 7) is 3.55. The molecule has 0 radical (unpaired) electrons. The maximum atomic E-state index is 13.1. The van der Waals surface area contributed by atoms with Crippen molar-refractivity contribution in [2.45, 2.75) is 20.0 Å². The van der Waals surface area contributed by atoms with Crippen LogP contribution in [0.1, 0.15) is 33.3 Å². The van der Waals surface area contributed by atoms with E-state index in [9.17, 15) is 9.59 Å². The van der Waals surface area contributed by atoms with Crippen LogP contribution >= 0.6 is 11.6 Å². The lowest BCUT2D eigenvalue weighted by atomic mass is 10.1. The van der Waals surface area contributed by atoms with Gasteiger partial charge in [0.05, 0.1) is 18.5 Å². The number of hydrogen-bond acceptors (Lipinski definition) is 5. The minimum absolute atomic E-state index is 0.126. The number of aryl methyl sites for hydroxylation is 3. The summed E-state index contributed by atoms with van der Waals surface area (Å²) >= 11 is 6.19. The van der Waals surface area contributed by atoms with Gasteiger partial charge in [-0.15, -0.1) is 0 Å². The van der Waals surface area contributed by atoms with Crippen LogP contribution in [0.4, 0.5) is 5.69 Å². The van der Waals surface area contributed by atoms with Crippen molar-refractivity contribution < 1.29 is 19.1 Å². The summed E-state index contributed by atoms with van der Waals surface area (Å²) in [7, 11) is 3.14. The maximum Gasteiger partial charge on any atom is 0.344 e. The molecule has 1 unspecified atom stereocenters. The van der Waals surface area contributed by atoms with Crippen LogP contribution in [0.15, 0.2) is 48.5 Å². The third-order valence-electron chi connectivity index (χ3n) is 4.53. The second-order valence-electron chi connectivity index (χ2n) is 6.76. The first-order valence-electron chi connectivity index (χ1n) is 9.22. The molecule has 0 aliphatic heterocycles. The first kappa shape index (κ1) is 21.4. The Morgan fingerprint density at radius 1 is 1.13 bits per heavy atom. The molecule has 3 rings (SSSR count). The second kappa shape index (κ2) is 9.00. The Labute approximate surface area is 179 Å². The Balaban J connectivity index is 1.93. The lowest BCUT2D eigenvalue weighted by Crippen LogP contribution is -2.26. The van der Waals surface area contributed by atoms with E-state index >= 15 is 0 Å². The van der Waals surface area contributed by atoms with Gasteiger partial charge in [0.25, 0.3) is 5.91 Å². The smallest absolute Gasteiger partial charge is 0.344 e. The lowest BCUT2D eigenvalue weighted by Gasteiger charge is -2.19. The molecule has 0 saturated heterocycles. The number of esters is 1. The number of amides is 1. The van der Waals surface area contributed by atoms with Crippen LogP contribution < -0.4 is 10.1 Å². The van der Waals surface area contributed by atoms with E-state index < -0.39 is 18.0 Å². The highest BCUT2D eigenvalue weighted by atomic mass is 35.5. The number of hydrogen-bond donors (Lipinski definition) is 1. The fourth-order valence-electron chi connectivity index (χ4n) is 3.05. The quantitative estimate of drug-likeness (QED) is 0.595. The Kier molecular flexibility index (Phi) is 6.42. The van der Waals surface area contributed by atoms with Gasteiger partial charge in [0.15, 0.2) is 0 Å². The van der Waals surface area contributed by atoms with Crippen LogP contribution in [0.3, 0.4) is 0 Å². The van der Waals surface area contributed by atoms with Gasteiger partial charge in [0.2, 0.25) is 6.10 Å². The fourth-order valence-corrected chi connectivity index (χ4v) is 3.30. The number of rotatable bonds is 6. The van der Waals surface area contributed by atoms with Crippen molar-refractivity contribution in [3.8, 4) is 5.75 Å². The van der Waals surface area contributed by atoms with E-state index in [0.29, 0.717) is 22.7 Å². The number of nitrogens with one attached hydrogen (secondary N) is 1. The zero-order chi connectivity index (χ0) is 21.8. The zero-order valence-corrected chi connectivity index (χ0v) is 17.9. The van der Waals surface area contributed by atoms with Crippen LogP contribution in [0.25, 0.3) is 0 Å². The molecule has 1 amide bonds. The van der Waals surface area contributed by atoms with Crippen molar-refractivity contribution in [2.75, 3.05) is 12.4 Å². The molecule has 30 heavy (non-hydrogen) atoms. The lowest BCUT2D eigenvalue weighted by molar-refractivity contribution is -0.125. The zero-order valence-electron chi connectivity index (χ0n) is 17.1. The molecule has 1 N–H and O–H groups in total. The Morgan fingerprint density at radius 2 is 1.83 bits per heavy atom. The summed E-state index contributed by atoms with van der Waals surface area (Å²) in [5.41, 5.74) is 2.49. The van der Waals surface area contributed by atoms with E-state index in [1.54, 1.807) is 50.4 Å². The number of ether oxygens (including phenoxy) is 2. The van der Waals surface area contributed by atoms with E-state index in [1.165, 1.54) is 11.8 Å². The molecular weight excluding hydrogens is 406 g/mol. The summed E-state index contributed by atoms with van der Waals surface area (Å²) in [4.78, 5) is 26.0. The van der Waals surface area contributed by atoms with Crippen molar-refractivity contribution in [2.24, 2.45) is 7.05 Å². The number of carbonyl (C=O) groups excluding carboxylic acids is 2. The number of nitrogens with zero attached hydrogens (tertiary/aromatic N) is 2. The highest BCUT2D eigenvalue weighted by Crippen LogP contribution is 2.29. The molecular formula is C22H22ClN3O4. The van der Waals surface area contributed by atoms with E-state index in [0.717, 1.165) is 5.56 Å². The van der Waals surface area contributed by atoms with E-state index in [1.807, 2.05) is 19.1 Å². The molecule has 0 fully saturated rings. The summed E-state index contributed by atoms with van der Waals surface area (Å²) in [5, 5.41) is 7.06. The van der Waals surface area contributed by atoms with E-state index in [-0.39, 0.29) is 10.7 Å². The molecule has 8 heteroatoms. The molecule has 0 aliphatic carbocycles. The van der Waals surface area contributed by atoms with Gasteiger partial charge in [-0.05, 0) is 31.5 Å². The normalized spacial score (nSPS) is 11.6. The molecule has 0 aliphatic rings. The average Bonchev–Trinajstić information content (AvgIpc) is 2.98. The topological polar surface area (TPSA) is 82.4 Å². The summed E-state index contributed by atoms with van der Waals surface area (Å²) in [5.74, 6) is -0.750. The Bertz CT molecular complexity index is 1080. The number of methoxy groups -OCH3 is 1. The number of aromatic nitrogens is 2. The molecule has 7 nitrogen and oxygen atoms in total. The summed E-state index contributed by atoms with van der Waals surface area (Å²) < 4.78 is 12.3. The fraction of sp³-hybridized carbons (Fsp3) is 0.227. The van der Waals surface area contributed by atoms with Crippen molar-refractivity contribution in [1.29, 1.82) is 0 Å². The van der Waals surface area contributed by atoms with Gasteiger partial charge in [-0.1, -0.05) is 48.0 Å². The average molecular weight is 428 g/mol. The molecule has 1 atom stereocenters. The van der Waals surface area contributed by atoms with Gasteiger partial charge < -0.3 is 14.8 Å². The van der Waals surface area contributed by atoms with Crippen LogP contribution in [0, 0.1) is 13.8 Å². The maximum absolute atomic E-state index is 13.1. The highest BCUT2D eigenvalue weighted by molar-refractivity contribution is 6.32. The number of halogens is 1. The Hall–Kier alpha value is -3.32. The van der Waals surface area contributed by atoms with Gasteiger partial charge in [0, 0.05) is 12.6 Å². The van der Waals surface area contributed by atoms with Crippen LogP contribution in [0.2, 0.25) is 5.15 Å². The van der Waals surface area contributed by atoms with Crippen molar-refractivity contribution >= 4 is 29.2 Å². The standard InChI is InChI=1S/C22H22ClN3O4/c1-13-10-11-17(29-4)16(12-13)24-21(27)19(15-8-6-5-7-9-15)30-22(28)18-14(2)25-26(3)20(18)23/h5-12,19H,1-4H3,(H,24,27). The monoisotopic (exact) mass is 427 g/mol. The van der Waals surface area contributed by atoms with Gasteiger partial charge in [-0.2, -0.15) is 5.10 Å². The third-order valence-corrected chi connectivity index (χ3v) is 4.97. The van der Waals surface area contributed by atoms with Gasteiger partial charge in [-0.25, -0.2) is 4.79 Å². The van der Waals surface area contributed by atoms with E-state index in [4.69, 9.17) is 21.1 Å². The minimum Gasteiger partial charge on any atom is -0.495 e. The van der Waals surface area contributed by atoms with Crippen molar-refractivity contribution in [3.05, 3.63) is 76.1 Å². The number of benzene rings is 2.